The van der Waals surface area contributed by atoms with Crippen LogP contribution in [0.4, 0.5) is 5.69 Å². The number of para-hydroxylation sites is 1. The molecule has 7 nitrogen and oxygen atoms in total. The Balaban J connectivity index is 1.52. The predicted molar refractivity (Wildman–Crippen MR) is 100 cm³/mol. The molecule has 27 heavy (non-hydrogen) atoms. The van der Waals surface area contributed by atoms with E-state index in [0.717, 1.165) is 11.3 Å². The van der Waals surface area contributed by atoms with Gasteiger partial charge < -0.3 is 20.7 Å². The third-order valence-corrected chi connectivity index (χ3v) is 4.34. The molecule has 0 spiro atoms. The molecule has 0 aromatic heterocycles. The zero-order valence-corrected chi connectivity index (χ0v) is 15.0. The summed E-state index contributed by atoms with van der Waals surface area (Å²) >= 11 is 0. The first-order valence-electron chi connectivity index (χ1n) is 8.67. The minimum atomic E-state index is -0.757. The molecule has 2 aromatic rings. The molecule has 1 heterocycles. The maximum atomic E-state index is 12.3. The number of hydrogen-bond acceptors (Lipinski definition) is 4. The van der Waals surface area contributed by atoms with Crippen LogP contribution in [0.3, 0.4) is 0 Å². The van der Waals surface area contributed by atoms with Gasteiger partial charge in [0.2, 0.25) is 11.8 Å². The van der Waals surface area contributed by atoms with E-state index in [2.05, 4.69) is 16.0 Å². The molecule has 0 bridgehead atoms. The van der Waals surface area contributed by atoms with E-state index < -0.39 is 6.04 Å². The van der Waals surface area contributed by atoms with Crippen LogP contribution in [-0.4, -0.2) is 30.9 Å². The van der Waals surface area contributed by atoms with Crippen molar-refractivity contribution < 1.29 is 19.1 Å². The molecule has 3 N–H and O–H groups in total. The Hall–Kier alpha value is -3.35. The number of hydrogen-bond donors (Lipinski definition) is 3. The second-order valence-electron chi connectivity index (χ2n) is 6.23. The summed E-state index contributed by atoms with van der Waals surface area (Å²) in [5.41, 5.74) is 1.81. The van der Waals surface area contributed by atoms with Crippen LogP contribution in [0.25, 0.3) is 0 Å². The van der Waals surface area contributed by atoms with Crippen molar-refractivity contribution in [1.82, 2.24) is 10.6 Å². The van der Waals surface area contributed by atoms with Gasteiger partial charge in [-0.3, -0.25) is 14.4 Å². The zero-order valence-electron chi connectivity index (χ0n) is 15.0. The molecule has 0 fully saturated rings. The molecule has 1 aliphatic heterocycles. The minimum Gasteiger partial charge on any atom is -0.497 e. The molecule has 3 rings (SSSR count). The number of carbonyl (C=O) groups is 3. The number of anilines is 1. The molecule has 0 radical (unpaired) electrons. The van der Waals surface area contributed by atoms with Gasteiger partial charge in [0.05, 0.1) is 18.4 Å². The van der Waals surface area contributed by atoms with Crippen LogP contribution in [0, 0.1) is 0 Å². The average Bonchev–Trinajstić information content (AvgIpc) is 2.81. The molecule has 2 aromatic carbocycles. The number of rotatable bonds is 6. The van der Waals surface area contributed by atoms with E-state index >= 15 is 0 Å². The van der Waals surface area contributed by atoms with E-state index in [4.69, 9.17) is 4.74 Å². The van der Waals surface area contributed by atoms with Crippen molar-refractivity contribution in [3.05, 3.63) is 59.7 Å². The van der Waals surface area contributed by atoms with Crippen molar-refractivity contribution in [3.8, 4) is 5.75 Å². The summed E-state index contributed by atoms with van der Waals surface area (Å²) in [5, 5.41) is 8.22. The summed E-state index contributed by atoms with van der Waals surface area (Å²) in [7, 11) is 1.59. The van der Waals surface area contributed by atoms with Crippen LogP contribution in [-0.2, 0) is 16.1 Å². The fraction of sp³-hybridized carbons (Fsp3) is 0.250. The Kier molecular flexibility index (Phi) is 5.71. The number of fused-ring (bicyclic) bond motifs is 1. The lowest BCUT2D eigenvalue weighted by molar-refractivity contribution is -0.122. The van der Waals surface area contributed by atoms with Gasteiger partial charge in [0.1, 0.15) is 11.8 Å². The maximum Gasteiger partial charge on any atom is 0.254 e. The van der Waals surface area contributed by atoms with Crippen LogP contribution in [0.1, 0.15) is 28.8 Å². The highest BCUT2D eigenvalue weighted by atomic mass is 16.5. The normalized spacial score (nSPS) is 15.8. The van der Waals surface area contributed by atoms with Gasteiger partial charge in [-0.2, -0.15) is 0 Å². The van der Waals surface area contributed by atoms with E-state index in [1.807, 2.05) is 24.3 Å². The fourth-order valence-corrected chi connectivity index (χ4v) is 2.86. The van der Waals surface area contributed by atoms with Gasteiger partial charge in [0.15, 0.2) is 0 Å². The van der Waals surface area contributed by atoms with Crippen LogP contribution in [0.2, 0.25) is 0 Å². The highest BCUT2D eigenvalue weighted by molar-refractivity contribution is 6.09. The van der Waals surface area contributed by atoms with Crippen molar-refractivity contribution in [2.24, 2.45) is 0 Å². The molecule has 1 unspecified atom stereocenters. The topological polar surface area (TPSA) is 96.5 Å². The summed E-state index contributed by atoms with van der Waals surface area (Å²) in [5.74, 6) is -0.125. The third-order valence-electron chi connectivity index (χ3n) is 4.34. The molecule has 7 heteroatoms. The second-order valence-corrected chi connectivity index (χ2v) is 6.23. The van der Waals surface area contributed by atoms with E-state index in [9.17, 15) is 14.4 Å². The van der Waals surface area contributed by atoms with Gasteiger partial charge in [-0.25, -0.2) is 0 Å². The average molecular weight is 367 g/mol. The van der Waals surface area contributed by atoms with Crippen molar-refractivity contribution >= 4 is 23.4 Å². The van der Waals surface area contributed by atoms with Gasteiger partial charge in [-0.1, -0.05) is 24.3 Å². The quantitative estimate of drug-likeness (QED) is 0.726. The van der Waals surface area contributed by atoms with Crippen molar-refractivity contribution in [3.63, 3.8) is 0 Å². The highest BCUT2D eigenvalue weighted by Gasteiger charge is 2.27. The van der Waals surface area contributed by atoms with Gasteiger partial charge in [-0.15, -0.1) is 0 Å². The first-order chi connectivity index (χ1) is 13.1. The fourth-order valence-electron chi connectivity index (χ4n) is 2.86. The number of amides is 3. The van der Waals surface area contributed by atoms with Gasteiger partial charge >= 0.3 is 0 Å². The third kappa shape index (κ3) is 4.63. The van der Waals surface area contributed by atoms with Crippen LogP contribution in [0.5, 0.6) is 5.75 Å². The predicted octanol–water partition coefficient (Wildman–Crippen LogP) is 1.84. The lowest BCUT2D eigenvalue weighted by atomic mass is 10.1. The Morgan fingerprint density at radius 1 is 1.15 bits per heavy atom. The van der Waals surface area contributed by atoms with E-state index in [0.29, 0.717) is 17.8 Å². The Morgan fingerprint density at radius 3 is 2.78 bits per heavy atom. The zero-order chi connectivity index (χ0) is 19.2. The number of carbonyl (C=O) groups excluding carboxylic acids is 3. The summed E-state index contributed by atoms with van der Waals surface area (Å²) in [4.78, 5) is 36.7. The second kappa shape index (κ2) is 8.35. The van der Waals surface area contributed by atoms with Crippen molar-refractivity contribution in [2.75, 3.05) is 12.4 Å². The molecule has 1 aliphatic rings. The van der Waals surface area contributed by atoms with E-state index in [-0.39, 0.29) is 30.6 Å². The number of methoxy groups -OCH3 is 1. The monoisotopic (exact) mass is 367 g/mol. The smallest absolute Gasteiger partial charge is 0.254 e. The first-order valence-corrected chi connectivity index (χ1v) is 8.67. The maximum absolute atomic E-state index is 12.3. The number of benzene rings is 2. The first kappa shape index (κ1) is 18.4. The number of ether oxygens (including phenoxy) is 1. The van der Waals surface area contributed by atoms with Crippen LogP contribution in [0.15, 0.2) is 48.5 Å². The molecular formula is C20H21N3O4. The van der Waals surface area contributed by atoms with Crippen LogP contribution >= 0.6 is 0 Å². The summed E-state index contributed by atoms with van der Waals surface area (Å²) in [6.07, 6.45) is 0.341. The SMILES string of the molecule is COc1cccc(CNC(=O)CCC2NC(=O)c3ccccc3NC2=O)c1. The molecule has 1 atom stereocenters. The van der Waals surface area contributed by atoms with E-state index in [1.165, 1.54) is 0 Å². The van der Waals surface area contributed by atoms with Gasteiger partial charge in [0.25, 0.3) is 5.91 Å². The van der Waals surface area contributed by atoms with Crippen molar-refractivity contribution in [1.29, 1.82) is 0 Å². The lowest BCUT2D eigenvalue weighted by Gasteiger charge is -2.14. The summed E-state index contributed by atoms with van der Waals surface area (Å²) < 4.78 is 5.15. The molecule has 140 valence electrons. The largest absolute Gasteiger partial charge is 0.497 e. The summed E-state index contributed by atoms with van der Waals surface area (Å²) in [6.45, 7) is 0.366. The Bertz CT molecular complexity index is 866. The molecule has 3 amide bonds. The molecule has 0 saturated heterocycles. The van der Waals surface area contributed by atoms with Crippen molar-refractivity contribution in [2.45, 2.75) is 25.4 Å². The van der Waals surface area contributed by atoms with Gasteiger partial charge in [-0.05, 0) is 36.2 Å². The molecule has 0 aliphatic carbocycles. The van der Waals surface area contributed by atoms with E-state index in [1.54, 1.807) is 31.4 Å². The van der Waals surface area contributed by atoms with Crippen LogP contribution < -0.4 is 20.7 Å². The summed E-state index contributed by atoms with van der Waals surface area (Å²) in [6, 6.07) is 13.5. The standard InChI is InChI=1S/C20H21N3O4/c1-27-14-6-4-5-13(11-14)12-21-18(24)10-9-17-20(26)22-16-8-3-2-7-15(16)19(25)23-17/h2-8,11,17H,9-10,12H2,1H3,(H,21,24)(H,22,26)(H,23,25). The minimum absolute atomic E-state index is 0.124. The Morgan fingerprint density at radius 2 is 1.96 bits per heavy atom. The van der Waals surface area contributed by atoms with Gasteiger partial charge in [0, 0.05) is 13.0 Å². The number of nitrogens with one attached hydrogen (secondary N) is 3. The Labute approximate surface area is 157 Å². The lowest BCUT2D eigenvalue weighted by Crippen LogP contribution is -2.42. The molecule has 0 saturated carbocycles. The highest BCUT2D eigenvalue weighted by Crippen LogP contribution is 2.19. The molecular weight excluding hydrogens is 346 g/mol.